The molecule has 10 heteroatoms. The molecule has 0 aliphatic heterocycles. The number of nitrogens with one attached hydrogen (secondary N) is 2. The van der Waals surface area contributed by atoms with Crippen molar-refractivity contribution in [1.82, 2.24) is 24.5 Å². The normalized spacial score (nSPS) is 11.5. The summed E-state index contributed by atoms with van der Waals surface area (Å²) in [5.74, 6) is 5.24. The summed E-state index contributed by atoms with van der Waals surface area (Å²) in [7, 11) is -1.90. The molecular weight excluding hydrogens is 270 g/mol. The lowest BCUT2D eigenvalue weighted by Gasteiger charge is -2.05. The van der Waals surface area contributed by atoms with Gasteiger partial charge >= 0.3 is 0 Å². The molecule has 0 spiro atoms. The molecule has 0 fully saturated rings. The van der Waals surface area contributed by atoms with E-state index in [1.807, 2.05) is 0 Å². The summed E-state index contributed by atoms with van der Waals surface area (Å²) in [5.41, 5.74) is 2.97. The van der Waals surface area contributed by atoms with E-state index in [9.17, 15) is 8.42 Å². The predicted molar refractivity (Wildman–Crippen MR) is 67.1 cm³/mol. The van der Waals surface area contributed by atoms with Crippen LogP contribution < -0.4 is 16.0 Å². The fourth-order valence-electron chi connectivity index (χ4n) is 1.35. The molecule has 19 heavy (non-hydrogen) atoms. The number of sulfonamides is 1. The third-order valence-electron chi connectivity index (χ3n) is 2.29. The molecule has 0 saturated carbocycles. The van der Waals surface area contributed by atoms with Gasteiger partial charge in [-0.1, -0.05) is 0 Å². The Morgan fingerprint density at radius 3 is 2.53 bits per heavy atom. The molecule has 0 atom stereocenters. The zero-order valence-corrected chi connectivity index (χ0v) is 10.9. The SMILES string of the molecule is Cn1cc(CNS(=O)(=O)c2cnc(NN)nc2)cn1. The molecule has 2 heterocycles. The van der Waals surface area contributed by atoms with Crippen LogP contribution in [0.1, 0.15) is 5.56 Å². The minimum atomic E-state index is -3.65. The number of nitrogen functional groups attached to an aromatic ring is 1. The van der Waals surface area contributed by atoms with E-state index in [2.05, 4.69) is 25.2 Å². The van der Waals surface area contributed by atoms with Gasteiger partial charge in [-0.3, -0.25) is 10.1 Å². The number of aryl methyl sites for hydroxylation is 1. The Kier molecular flexibility index (Phi) is 3.74. The van der Waals surface area contributed by atoms with Gasteiger partial charge in [0.15, 0.2) is 0 Å². The van der Waals surface area contributed by atoms with Crippen LogP contribution in [0.4, 0.5) is 5.95 Å². The largest absolute Gasteiger partial charge is 0.292 e. The minimum absolute atomic E-state index is 0.0320. The van der Waals surface area contributed by atoms with Crippen molar-refractivity contribution in [1.29, 1.82) is 0 Å². The van der Waals surface area contributed by atoms with Crippen LogP contribution in [0.3, 0.4) is 0 Å². The molecule has 0 aliphatic rings. The maximum Gasteiger partial charge on any atom is 0.243 e. The van der Waals surface area contributed by atoms with Crippen LogP contribution in [0.25, 0.3) is 0 Å². The highest BCUT2D eigenvalue weighted by Gasteiger charge is 2.15. The fraction of sp³-hybridized carbons (Fsp3) is 0.222. The van der Waals surface area contributed by atoms with Crippen LogP contribution in [0, 0.1) is 0 Å². The van der Waals surface area contributed by atoms with Crippen LogP contribution in [0.2, 0.25) is 0 Å². The van der Waals surface area contributed by atoms with Crippen molar-refractivity contribution in [3.63, 3.8) is 0 Å². The van der Waals surface area contributed by atoms with E-state index < -0.39 is 10.0 Å². The summed E-state index contributed by atoms with van der Waals surface area (Å²) in [6.45, 7) is 0.146. The van der Waals surface area contributed by atoms with Crippen molar-refractivity contribution in [3.8, 4) is 0 Å². The molecular formula is C9H13N7O2S. The number of anilines is 1. The number of hydrogen-bond acceptors (Lipinski definition) is 7. The monoisotopic (exact) mass is 283 g/mol. The average Bonchev–Trinajstić information content (AvgIpc) is 2.82. The Morgan fingerprint density at radius 2 is 2.00 bits per heavy atom. The maximum absolute atomic E-state index is 11.9. The van der Waals surface area contributed by atoms with Crippen molar-refractivity contribution < 1.29 is 8.42 Å². The summed E-state index contributed by atoms with van der Waals surface area (Å²) in [5, 5.41) is 3.95. The first-order valence-electron chi connectivity index (χ1n) is 5.27. The maximum atomic E-state index is 11.9. The molecule has 0 bridgehead atoms. The zero-order chi connectivity index (χ0) is 13.9. The Balaban J connectivity index is 2.09. The number of nitrogens with zero attached hydrogens (tertiary/aromatic N) is 4. The van der Waals surface area contributed by atoms with Crippen LogP contribution in [0.5, 0.6) is 0 Å². The summed E-state index contributed by atoms with van der Waals surface area (Å²) < 4.78 is 27.9. The Bertz CT molecular complexity index is 649. The average molecular weight is 283 g/mol. The molecule has 0 aromatic carbocycles. The van der Waals surface area contributed by atoms with Crippen molar-refractivity contribution in [2.24, 2.45) is 12.9 Å². The van der Waals surface area contributed by atoms with E-state index in [0.717, 1.165) is 5.56 Å². The van der Waals surface area contributed by atoms with E-state index in [4.69, 9.17) is 5.84 Å². The van der Waals surface area contributed by atoms with E-state index in [-0.39, 0.29) is 17.4 Å². The van der Waals surface area contributed by atoms with E-state index in [1.54, 1.807) is 24.1 Å². The van der Waals surface area contributed by atoms with E-state index >= 15 is 0 Å². The van der Waals surface area contributed by atoms with Crippen molar-refractivity contribution in [2.75, 3.05) is 5.43 Å². The molecule has 4 N–H and O–H groups in total. The van der Waals surface area contributed by atoms with Crippen LogP contribution in [0.15, 0.2) is 29.7 Å². The number of hydrazine groups is 1. The van der Waals surface area contributed by atoms with Gasteiger partial charge in [-0.05, 0) is 0 Å². The van der Waals surface area contributed by atoms with Crippen LogP contribution >= 0.6 is 0 Å². The topological polar surface area (TPSA) is 128 Å². The van der Waals surface area contributed by atoms with Crippen LogP contribution in [-0.2, 0) is 23.6 Å². The second-order valence-electron chi connectivity index (χ2n) is 3.73. The Morgan fingerprint density at radius 1 is 1.32 bits per heavy atom. The van der Waals surface area contributed by atoms with Gasteiger partial charge in [-0.15, -0.1) is 0 Å². The second kappa shape index (κ2) is 5.30. The first-order valence-corrected chi connectivity index (χ1v) is 6.75. The number of rotatable bonds is 5. The highest BCUT2D eigenvalue weighted by atomic mass is 32.2. The van der Waals surface area contributed by atoms with Gasteiger partial charge in [0.05, 0.1) is 18.6 Å². The molecule has 0 saturated heterocycles. The number of nitrogens with two attached hydrogens (primary N) is 1. The molecule has 9 nitrogen and oxygen atoms in total. The smallest absolute Gasteiger partial charge is 0.243 e. The molecule has 0 aliphatic carbocycles. The van der Waals surface area contributed by atoms with Gasteiger partial charge < -0.3 is 0 Å². The van der Waals surface area contributed by atoms with Crippen molar-refractivity contribution in [3.05, 3.63) is 30.4 Å². The first kappa shape index (κ1) is 13.4. The van der Waals surface area contributed by atoms with Gasteiger partial charge in [0.2, 0.25) is 16.0 Å². The fourth-order valence-corrected chi connectivity index (χ4v) is 2.26. The molecule has 2 aromatic heterocycles. The van der Waals surface area contributed by atoms with Gasteiger partial charge in [-0.2, -0.15) is 5.10 Å². The summed E-state index contributed by atoms with van der Waals surface area (Å²) in [6, 6.07) is 0. The molecule has 0 unspecified atom stereocenters. The summed E-state index contributed by atoms with van der Waals surface area (Å²) >= 11 is 0. The lowest BCUT2D eigenvalue weighted by atomic mass is 10.4. The molecule has 2 rings (SSSR count). The van der Waals surface area contributed by atoms with E-state index in [1.165, 1.54) is 12.4 Å². The Hall–Kier alpha value is -2.04. The standard InChI is InChI=1S/C9H13N7O2S/c1-16-6-7(2-13-16)3-14-19(17,18)8-4-11-9(15-10)12-5-8/h2,4-6,14H,3,10H2,1H3,(H,11,12,15). The number of hydrogen-bond donors (Lipinski definition) is 3. The van der Waals surface area contributed by atoms with Crippen LogP contribution in [-0.4, -0.2) is 28.2 Å². The summed E-state index contributed by atoms with van der Waals surface area (Å²) in [4.78, 5) is 7.45. The molecule has 0 radical (unpaired) electrons. The lowest BCUT2D eigenvalue weighted by Crippen LogP contribution is -2.23. The highest BCUT2D eigenvalue weighted by Crippen LogP contribution is 2.07. The molecule has 102 valence electrons. The Labute approximate surface area is 109 Å². The number of aromatic nitrogens is 4. The van der Waals surface area contributed by atoms with Gasteiger partial charge in [0.25, 0.3) is 0 Å². The third kappa shape index (κ3) is 3.24. The van der Waals surface area contributed by atoms with Gasteiger partial charge in [-0.25, -0.2) is 29.0 Å². The second-order valence-corrected chi connectivity index (χ2v) is 5.50. The van der Waals surface area contributed by atoms with Crippen molar-refractivity contribution >= 4 is 16.0 Å². The predicted octanol–water partition coefficient (Wildman–Crippen LogP) is -1.03. The first-order chi connectivity index (χ1) is 9.01. The highest BCUT2D eigenvalue weighted by molar-refractivity contribution is 7.89. The van der Waals surface area contributed by atoms with Gasteiger partial charge in [0, 0.05) is 25.4 Å². The van der Waals surface area contributed by atoms with Gasteiger partial charge in [0.1, 0.15) is 4.90 Å². The summed E-state index contributed by atoms with van der Waals surface area (Å²) in [6.07, 6.45) is 5.66. The zero-order valence-electron chi connectivity index (χ0n) is 10.1. The molecule has 0 amide bonds. The molecule has 2 aromatic rings. The quantitative estimate of drug-likeness (QED) is 0.473. The third-order valence-corrected chi connectivity index (χ3v) is 3.65. The van der Waals surface area contributed by atoms with E-state index in [0.29, 0.717) is 0 Å². The minimum Gasteiger partial charge on any atom is -0.292 e. The van der Waals surface area contributed by atoms with Crippen molar-refractivity contribution in [2.45, 2.75) is 11.4 Å². The lowest BCUT2D eigenvalue weighted by molar-refractivity contribution is 0.580.